The number of rotatable bonds is 4. The summed E-state index contributed by atoms with van der Waals surface area (Å²) in [6.45, 7) is 2.31. The van der Waals surface area contributed by atoms with Crippen LogP contribution in [0.5, 0.6) is 5.75 Å². The maximum Gasteiger partial charge on any atom is 0.269 e. The van der Waals surface area contributed by atoms with E-state index in [0.29, 0.717) is 17.9 Å². The summed E-state index contributed by atoms with van der Waals surface area (Å²) in [6, 6.07) is 11.2. The first-order chi connectivity index (χ1) is 11.5. The summed E-state index contributed by atoms with van der Waals surface area (Å²) in [6.07, 6.45) is 0. The second-order valence-electron chi connectivity index (χ2n) is 5.07. The molecule has 0 spiro atoms. The minimum atomic E-state index is -0.334. The van der Waals surface area contributed by atoms with Crippen LogP contribution in [0.3, 0.4) is 0 Å². The van der Waals surface area contributed by atoms with Gasteiger partial charge in [-0.3, -0.25) is 15.6 Å². The Balaban J connectivity index is 1.82. The van der Waals surface area contributed by atoms with Gasteiger partial charge < -0.3 is 10.1 Å². The van der Waals surface area contributed by atoms with Crippen molar-refractivity contribution in [3.05, 3.63) is 65.0 Å². The van der Waals surface area contributed by atoms with Crippen LogP contribution in [0, 0.1) is 12.7 Å². The Morgan fingerprint density at radius 3 is 2.54 bits per heavy atom. The first kappa shape index (κ1) is 17.7. The van der Waals surface area contributed by atoms with Crippen molar-refractivity contribution < 1.29 is 13.9 Å². The molecular formula is C17H18FN3O2S. The van der Waals surface area contributed by atoms with E-state index >= 15 is 0 Å². The largest absolute Gasteiger partial charge is 0.496 e. The molecule has 126 valence electrons. The molecule has 0 atom stereocenters. The van der Waals surface area contributed by atoms with Crippen molar-refractivity contribution in [1.82, 2.24) is 16.2 Å². The highest BCUT2D eigenvalue weighted by Crippen LogP contribution is 2.18. The number of hydrogen-bond donors (Lipinski definition) is 3. The maximum absolute atomic E-state index is 12.8. The van der Waals surface area contributed by atoms with Gasteiger partial charge in [-0.05, 0) is 54.5 Å². The number of halogens is 1. The molecule has 7 heteroatoms. The van der Waals surface area contributed by atoms with E-state index in [2.05, 4.69) is 16.2 Å². The zero-order valence-corrected chi connectivity index (χ0v) is 14.2. The number of amides is 1. The van der Waals surface area contributed by atoms with Crippen LogP contribution < -0.4 is 20.9 Å². The molecule has 0 saturated heterocycles. The van der Waals surface area contributed by atoms with Crippen molar-refractivity contribution in [1.29, 1.82) is 0 Å². The fourth-order valence-electron chi connectivity index (χ4n) is 1.98. The zero-order valence-electron chi connectivity index (χ0n) is 13.4. The molecule has 0 unspecified atom stereocenters. The summed E-state index contributed by atoms with van der Waals surface area (Å²) in [4.78, 5) is 12.1. The Morgan fingerprint density at radius 2 is 1.88 bits per heavy atom. The summed E-state index contributed by atoms with van der Waals surface area (Å²) in [7, 11) is 1.55. The van der Waals surface area contributed by atoms with Gasteiger partial charge in [0.25, 0.3) is 5.91 Å². The van der Waals surface area contributed by atoms with Gasteiger partial charge in [0.15, 0.2) is 5.11 Å². The smallest absolute Gasteiger partial charge is 0.269 e. The minimum absolute atomic E-state index is 0.256. The molecule has 0 aliphatic heterocycles. The van der Waals surface area contributed by atoms with Crippen molar-refractivity contribution in [3.8, 4) is 5.75 Å². The van der Waals surface area contributed by atoms with Crippen molar-refractivity contribution in [2.24, 2.45) is 0 Å². The molecule has 0 aliphatic rings. The van der Waals surface area contributed by atoms with Gasteiger partial charge in [0.1, 0.15) is 11.6 Å². The number of benzene rings is 2. The first-order valence-electron chi connectivity index (χ1n) is 7.23. The molecule has 0 aliphatic carbocycles. The summed E-state index contributed by atoms with van der Waals surface area (Å²) < 4.78 is 18.0. The van der Waals surface area contributed by atoms with Gasteiger partial charge in [-0.25, -0.2) is 4.39 Å². The first-order valence-corrected chi connectivity index (χ1v) is 7.63. The molecule has 5 nitrogen and oxygen atoms in total. The lowest BCUT2D eigenvalue weighted by atomic mass is 10.1. The minimum Gasteiger partial charge on any atom is -0.496 e. The van der Waals surface area contributed by atoms with E-state index in [-0.39, 0.29) is 16.8 Å². The summed E-state index contributed by atoms with van der Waals surface area (Å²) in [5.74, 6) is 0.0131. The second kappa shape index (κ2) is 8.26. The molecule has 0 radical (unpaired) electrons. The van der Waals surface area contributed by atoms with E-state index in [1.807, 2.05) is 6.92 Å². The molecule has 2 aromatic carbocycles. The van der Waals surface area contributed by atoms with E-state index in [1.165, 1.54) is 12.1 Å². The monoisotopic (exact) mass is 347 g/mol. The van der Waals surface area contributed by atoms with Crippen LogP contribution in [0.4, 0.5) is 4.39 Å². The second-order valence-corrected chi connectivity index (χ2v) is 5.48. The SMILES string of the molecule is COc1cc(C(=O)NNC(=S)NCc2ccc(F)cc2)ccc1C. The predicted octanol–water partition coefficient (Wildman–Crippen LogP) is 2.45. The van der Waals surface area contributed by atoms with E-state index in [0.717, 1.165) is 11.1 Å². The van der Waals surface area contributed by atoms with E-state index in [9.17, 15) is 9.18 Å². The summed E-state index contributed by atoms with van der Waals surface area (Å²) in [5, 5.41) is 3.17. The number of thiocarbonyl (C=S) groups is 1. The van der Waals surface area contributed by atoms with E-state index in [1.54, 1.807) is 37.4 Å². The van der Waals surface area contributed by atoms with Crippen LogP contribution in [0.15, 0.2) is 42.5 Å². The number of aryl methyl sites for hydroxylation is 1. The third kappa shape index (κ3) is 4.92. The van der Waals surface area contributed by atoms with Crippen LogP contribution in [-0.4, -0.2) is 18.1 Å². The standard InChI is InChI=1S/C17H18FN3O2S/c1-11-3-6-13(9-15(11)23-2)16(22)20-21-17(24)19-10-12-4-7-14(18)8-5-12/h3-9H,10H2,1-2H3,(H,20,22)(H2,19,21,24). The Kier molecular flexibility index (Phi) is 6.08. The molecule has 3 N–H and O–H groups in total. The third-order valence-electron chi connectivity index (χ3n) is 3.33. The number of carbonyl (C=O) groups excluding carboxylic acids is 1. The number of ether oxygens (including phenoxy) is 1. The van der Waals surface area contributed by atoms with E-state index < -0.39 is 0 Å². The quantitative estimate of drug-likeness (QED) is 0.586. The number of hydrazine groups is 1. The number of methoxy groups -OCH3 is 1. The molecule has 0 bridgehead atoms. The fourth-order valence-corrected chi connectivity index (χ4v) is 2.10. The average Bonchev–Trinajstić information content (AvgIpc) is 2.59. The maximum atomic E-state index is 12.8. The lowest BCUT2D eigenvalue weighted by Crippen LogP contribution is -2.46. The molecule has 2 rings (SSSR count). The topological polar surface area (TPSA) is 62.4 Å². The molecule has 24 heavy (non-hydrogen) atoms. The van der Waals surface area contributed by atoms with Crippen LogP contribution in [-0.2, 0) is 6.54 Å². The van der Waals surface area contributed by atoms with Gasteiger partial charge in [-0.15, -0.1) is 0 Å². The fraction of sp³-hybridized carbons (Fsp3) is 0.176. The zero-order chi connectivity index (χ0) is 17.5. The van der Waals surface area contributed by atoms with Crippen molar-refractivity contribution >= 4 is 23.2 Å². The number of hydrogen-bond acceptors (Lipinski definition) is 3. The van der Waals surface area contributed by atoms with Gasteiger partial charge in [0.05, 0.1) is 7.11 Å². The Morgan fingerprint density at radius 1 is 1.17 bits per heavy atom. The van der Waals surface area contributed by atoms with Crippen molar-refractivity contribution in [3.63, 3.8) is 0 Å². The molecule has 0 heterocycles. The lowest BCUT2D eigenvalue weighted by molar-refractivity contribution is 0.0943. The predicted molar refractivity (Wildman–Crippen MR) is 94.2 cm³/mol. The summed E-state index contributed by atoms with van der Waals surface area (Å²) in [5.41, 5.74) is 7.39. The molecule has 0 fully saturated rings. The molecular weight excluding hydrogens is 329 g/mol. The average molecular weight is 347 g/mol. The highest BCUT2D eigenvalue weighted by atomic mass is 32.1. The highest BCUT2D eigenvalue weighted by molar-refractivity contribution is 7.80. The van der Waals surface area contributed by atoms with Crippen LogP contribution in [0.1, 0.15) is 21.5 Å². The molecule has 1 amide bonds. The van der Waals surface area contributed by atoms with Gasteiger partial charge in [0.2, 0.25) is 0 Å². The van der Waals surface area contributed by atoms with E-state index in [4.69, 9.17) is 17.0 Å². The lowest BCUT2D eigenvalue weighted by Gasteiger charge is -2.12. The molecule has 0 saturated carbocycles. The number of carbonyl (C=O) groups is 1. The van der Waals surface area contributed by atoms with Gasteiger partial charge >= 0.3 is 0 Å². The van der Waals surface area contributed by atoms with Crippen LogP contribution in [0.25, 0.3) is 0 Å². The summed E-state index contributed by atoms with van der Waals surface area (Å²) >= 11 is 5.08. The van der Waals surface area contributed by atoms with Crippen LogP contribution in [0.2, 0.25) is 0 Å². The van der Waals surface area contributed by atoms with Gasteiger partial charge in [-0.1, -0.05) is 18.2 Å². The normalized spacial score (nSPS) is 9.96. The molecule has 2 aromatic rings. The van der Waals surface area contributed by atoms with Gasteiger partial charge in [0, 0.05) is 12.1 Å². The highest BCUT2D eigenvalue weighted by Gasteiger charge is 2.08. The third-order valence-corrected chi connectivity index (χ3v) is 3.57. The molecule has 0 aromatic heterocycles. The Labute approximate surface area is 145 Å². The van der Waals surface area contributed by atoms with Crippen molar-refractivity contribution in [2.75, 3.05) is 7.11 Å². The number of nitrogens with one attached hydrogen (secondary N) is 3. The Hall–Kier alpha value is -2.67. The van der Waals surface area contributed by atoms with Crippen molar-refractivity contribution in [2.45, 2.75) is 13.5 Å². The van der Waals surface area contributed by atoms with Gasteiger partial charge in [-0.2, -0.15) is 0 Å². The van der Waals surface area contributed by atoms with Crippen LogP contribution >= 0.6 is 12.2 Å². The Bertz CT molecular complexity index is 735.